The Bertz CT molecular complexity index is 1490. The molecule has 5 rings (SSSR count). The normalized spacial score (nSPS) is 17.2. The van der Waals surface area contributed by atoms with Gasteiger partial charge in [0.15, 0.2) is 0 Å². The fourth-order valence-electron chi connectivity index (χ4n) is 9.99. The molecule has 1 aliphatic rings. The maximum absolute atomic E-state index is 3.92. The van der Waals surface area contributed by atoms with Crippen molar-refractivity contribution >= 4 is 35.7 Å². The Morgan fingerprint density at radius 3 is 1.16 bits per heavy atom. The van der Waals surface area contributed by atoms with Gasteiger partial charge in [0.1, 0.15) is 0 Å². The third-order valence-electron chi connectivity index (χ3n) is 12.5. The standard InChI is InChI=1S/C47H71N2P2/c1-8-9-35-50(42-26-14-10-15-27-42,43-28-16-11-17-29-43)37-24-25-38-51(44-30-18-12-19-31-44,45-32-20-13-21-33-45)36-23-22-34-49(6,7)41-39-46(2,3)48-47(4,5)40-41/h10-21,26-33,41,48,50-51H,8-9,22-25,34-40H2,1-7H3/q+1. The van der Waals surface area contributed by atoms with Crippen LogP contribution >= 0.6 is 14.5 Å². The van der Waals surface area contributed by atoms with Gasteiger partial charge in [-0.1, -0.05) is 0 Å². The molecule has 51 heavy (non-hydrogen) atoms. The van der Waals surface area contributed by atoms with Crippen molar-refractivity contribution in [2.45, 2.75) is 103 Å². The van der Waals surface area contributed by atoms with Crippen LogP contribution in [-0.2, 0) is 0 Å². The predicted molar refractivity (Wildman–Crippen MR) is 235 cm³/mol. The number of piperidine rings is 1. The summed E-state index contributed by atoms with van der Waals surface area (Å²) in [7, 11) is 1.10. The van der Waals surface area contributed by atoms with E-state index in [0.717, 1.165) is 4.48 Å². The van der Waals surface area contributed by atoms with Crippen LogP contribution in [0, 0.1) is 0 Å². The number of benzene rings is 4. The summed E-state index contributed by atoms with van der Waals surface area (Å²) in [5.74, 6) is 0. The first kappa shape index (κ1) is 39.9. The van der Waals surface area contributed by atoms with E-state index in [0.29, 0.717) is 6.04 Å². The molecule has 4 aromatic carbocycles. The van der Waals surface area contributed by atoms with Gasteiger partial charge in [0.25, 0.3) is 0 Å². The van der Waals surface area contributed by atoms with Gasteiger partial charge in [-0.15, -0.1) is 0 Å². The fraction of sp³-hybridized carbons (Fsp3) is 0.489. The number of rotatable bonds is 18. The monoisotopic (exact) mass is 726 g/mol. The third kappa shape index (κ3) is 10.2. The predicted octanol–water partition coefficient (Wildman–Crippen LogP) is 9.53. The van der Waals surface area contributed by atoms with Crippen molar-refractivity contribution in [2.75, 3.05) is 45.3 Å². The Morgan fingerprint density at radius 2 is 0.824 bits per heavy atom. The van der Waals surface area contributed by atoms with E-state index < -0.39 is 14.5 Å². The zero-order valence-electron chi connectivity index (χ0n) is 33.3. The zero-order chi connectivity index (χ0) is 36.4. The summed E-state index contributed by atoms with van der Waals surface area (Å²) < 4.78 is 1.13. The quantitative estimate of drug-likeness (QED) is 0.0613. The molecule has 0 bridgehead atoms. The molecule has 1 saturated heterocycles. The zero-order valence-corrected chi connectivity index (χ0v) is 35.3. The van der Waals surface area contributed by atoms with Gasteiger partial charge in [-0.3, -0.25) is 0 Å². The third-order valence-corrected chi connectivity index (χ3v) is 23.0. The number of quaternary nitrogens is 1. The van der Waals surface area contributed by atoms with E-state index in [1.54, 1.807) is 21.2 Å². The minimum absolute atomic E-state index is 0.183. The summed E-state index contributed by atoms with van der Waals surface area (Å²) in [5, 5.41) is 10.4. The van der Waals surface area contributed by atoms with Crippen LogP contribution in [-0.4, -0.2) is 66.9 Å². The molecule has 0 aromatic heterocycles. The van der Waals surface area contributed by atoms with Crippen molar-refractivity contribution in [1.29, 1.82) is 0 Å². The van der Waals surface area contributed by atoms with E-state index in [2.05, 4.69) is 175 Å². The average molecular weight is 726 g/mol. The van der Waals surface area contributed by atoms with Crippen LogP contribution in [0.2, 0.25) is 0 Å². The van der Waals surface area contributed by atoms with E-state index in [4.69, 9.17) is 0 Å². The molecule has 0 saturated carbocycles. The summed E-state index contributed by atoms with van der Waals surface area (Å²) in [4.78, 5) is 0. The van der Waals surface area contributed by atoms with E-state index >= 15 is 0 Å². The van der Waals surface area contributed by atoms with Gasteiger partial charge >= 0.3 is 315 Å². The Balaban J connectivity index is 1.37. The number of nitrogens with one attached hydrogen (secondary N) is 1. The second-order valence-electron chi connectivity index (χ2n) is 17.9. The van der Waals surface area contributed by atoms with Crippen LogP contribution in [0.15, 0.2) is 121 Å². The minimum atomic E-state index is -2.01. The molecule has 278 valence electrons. The molecular weight excluding hydrogens is 654 g/mol. The van der Waals surface area contributed by atoms with Gasteiger partial charge in [0.05, 0.1) is 0 Å². The van der Waals surface area contributed by atoms with Gasteiger partial charge < -0.3 is 0 Å². The van der Waals surface area contributed by atoms with Gasteiger partial charge in [-0.05, 0) is 0 Å². The molecule has 0 aliphatic carbocycles. The van der Waals surface area contributed by atoms with Crippen molar-refractivity contribution in [1.82, 2.24) is 5.32 Å². The van der Waals surface area contributed by atoms with E-state index in [-0.39, 0.29) is 11.1 Å². The van der Waals surface area contributed by atoms with Crippen LogP contribution in [0.4, 0.5) is 0 Å². The maximum atomic E-state index is 3.92. The molecule has 0 atom stereocenters. The molecule has 0 radical (unpaired) electrons. The number of hydrogen-bond donors (Lipinski definition) is 1. The summed E-state index contributed by atoms with van der Waals surface area (Å²) in [6.45, 7) is 13.2. The van der Waals surface area contributed by atoms with Crippen LogP contribution in [0.3, 0.4) is 0 Å². The van der Waals surface area contributed by atoms with Crippen molar-refractivity contribution in [2.24, 2.45) is 0 Å². The number of unbranched alkanes of at least 4 members (excludes halogenated alkanes) is 3. The first-order valence-corrected chi connectivity index (χ1v) is 25.1. The Hall–Kier alpha value is -2.34. The Labute approximate surface area is 314 Å². The van der Waals surface area contributed by atoms with Gasteiger partial charge in [-0.2, -0.15) is 0 Å². The molecule has 1 aliphatic heterocycles. The van der Waals surface area contributed by atoms with E-state index in [1.165, 1.54) is 82.6 Å². The van der Waals surface area contributed by atoms with Crippen molar-refractivity contribution in [3.05, 3.63) is 121 Å². The molecule has 4 heteroatoms. The van der Waals surface area contributed by atoms with Crippen molar-refractivity contribution in [3.8, 4) is 0 Å². The summed E-state index contributed by atoms with van der Waals surface area (Å²) in [5.41, 5.74) is 0.366. The summed E-state index contributed by atoms with van der Waals surface area (Å²) >= 11 is 0. The second-order valence-corrected chi connectivity index (χ2v) is 26.5. The van der Waals surface area contributed by atoms with Crippen molar-refractivity contribution in [3.63, 3.8) is 0 Å². The Kier molecular flexibility index (Phi) is 13.8. The number of nitrogens with zero attached hydrogens (tertiary/aromatic N) is 1. The Morgan fingerprint density at radius 1 is 0.510 bits per heavy atom. The molecule has 1 heterocycles. The van der Waals surface area contributed by atoms with Crippen LogP contribution in [0.1, 0.15) is 86.0 Å². The molecule has 0 unspecified atom stereocenters. The number of hydrogen-bond acceptors (Lipinski definition) is 1. The molecule has 2 nitrogen and oxygen atoms in total. The SMILES string of the molecule is CCCC[PH](CCCC[PH](CCCC[N+](C)(C)C1CC(C)(C)NC(C)(C)C1)(c1ccccc1)c1ccccc1)(c1ccccc1)c1ccccc1. The fourth-order valence-corrected chi connectivity index (χ4v) is 20.3. The van der Waals surface area contributed by atoms with Gasteiger partial charge in [-0.25, -0.2) is 0 Å². The molecule has 1 fully saturated rings. The van der Waals surface area contributed by atoms with Crippen LogP contribution < -0.4 is 26.5 Å². The summed E-state index contributed by atoms with van der Waals surface area (Å²) in [6.07, 6.45) is 15.6. The first-order chi connectivity index (χ1) is 24.4. The van der Waals surface area contributed by atoms with Gasteiger partial charge in [0, 0.05) is 0 Å². The topological polar surface area (TPSA) is 12.0 Å². The molecule has 0 amide bonds. The summed E-state index contributed by atoms with van der Waals surface area (Å²) in [6, 6.07) is 47.5. The van der Waals surface area contributed by atoms with Crippen molar-refractivity contribution < 1.29 is 4.48 Å². The molecule has 0 spiro atoms. The molecular formula is C47H71N2P2+. The van der Waals surface area contributed by atoms with Gasteiger partial charge in [0.2, 0.25) is 0 Å². The van der Waals surface area contributed by atoms with E-state index in [9.17, 15) is 0 Å². The molecule has 1 N–H and O–H groups in total. The first-order valence-electron chi connectivity index (χ1n) is 20.3. The van der Waals surface area contributed by atoms with Crippen LogP contribution in [0.5, 0.6) is 0 Å². The molecule has 4 aromatic rings. The van der Waals surface area contributed by atoms with Crippen LogP contribution in [0.25, 0.3) is 0 Å². The van der Waals surface area contributed by atoms with E-state index in [1.807, 2.05) is 0 Å². The second kappa shape index (κ2) is 17.7. The average Bonchev–Trinajstić information content (AvgIpc) is 3.12.